The zero-order chi connectivity index (χ0) is 13.5. The van der Waals surface area contributed by atoms with Gasteiger partial charge < -0.3 is 0 Å². The third-order valence-electron chi connectivity index (χ3n) is 2.60. The number of aryl methyl sites for hydroxylation is 3. The minimum absolute atomic E-state index is 0.217. The number of rotatable bonds is 1. The van der Waals surface area contributed by atoms with Gasteiger partial charge in [0, 0.05) is 0 Å². The second-order valence-electron chi connectivity index (χ2n) is 4.18. The fourth-order valence-electron chi connectivity index (χ4n) is 1.78. The van der Waals surface area contributed by atoms with Crippen LogP contribution >= 0.6 is 0 Å². The van der Waals surface area contributed by atoms with Crippen LogP contribution in [-0.2, 0) is 6.18 Å². The van der Waals surface area contributed by atoms with Crippen LogP contribution in [0.3, 0.4) is 0 Å². The number of hydrogen-bond donors (Lipinski definition) is 0. The lowest BCUT2D eigenvalue weighted by Crippen LogP contribution is -2.09. The molecular weight excluding hydrogens is 243 g/mol. The summed E-state index contributed by atoms with van der Waals surface area (Å²) in [5.74, 6) is -0.894. The third-order valence-corrected chi connectivity index (χ3v) is 2.60. The van der Waals surface area contributed by atoms with Gasteiger partial charge in [0.2, 0.25) is 0 Å². The summed E-state index contributed by atoms with van der Waals surface area (Å²) in [6, 6.07) is 5.47. The molecule has 0 spiro atoms. The van der Waals surface area contributed by atoms with Crippen molar-refractivity contribution in [1.82, 2.24) is 14.8 Å². The van der Waals surface area contributed by atoms with Crippen molar-refractivity contribution in [2.75, 3.05) is 0 Å². The summed E-state index contributed by atoms with van der Waals surface area (Å²) >= 11 is 0. The van der Waals surface area contributed by atoms with Gasteiger partial charge in [-0.2, -0.15) is 13.2 Å². The van der Waals surface area contributed by atoms with Gasteiger partial charge >= 0.3 is 6.18 Å². The molecule has 0 saturated carbocycles. The summed E-state index contributed by atoms with van der Waals surface area (Å²) in [6.07, 6.45) is -4.52. The van der Waals surface area contributed by atoms with Crippen LogP contribution in [0.15, 0.2) is 18.2 Å². The topological polar surface area (TPSA) is 30.7 Å². The highest BCUT2D eigenvalue weighted by Crippen LogP contribution is 2.27. The van der Waals surface area contributed by atoms with Gasteiger partial charge in [-0.3, -0.25) is 0 Å². The van der Waals surface area contributed by atoms with Crippen molar-refractivity contribution >= 4 is 0 Å². The Labute approximate surface area is 102 Å². The van der Waals surface area contributed by atoms with Crippen LogP contribution in [0, 0.1) is 20.8 Å². The molecule has 2 rings (SSSR count). The van der Waals surface area contributed by atoms with Crippen LogP contribution in [0.5, 0.6) is 0 Å². The van der Waals surface area contributed by atoms with Crippen molar-refractivity contribution in [2.24, 2.45) is 0 Å². The number of aromatic nitrogens is 3. The Morgan fingerprint density at radius 1 is 1.11 bits per heavy atom. The Kier molecular flexibility index (Phi) is 2.88. The van der Waals surface area contributed by atoms with E-state index in [4.69, 9.17) is 0 Å². The highest BCUT2D eigenvalue weighted by molar-refractivity contribution is 5.42. The molecule has 0 bridgehead atoms. The maximum absolute atomic E-state index is 12.5. The number of nitrogens with zero attached hydrogens (tertiary/aromatic N) is 3. The highest BCUT2D eigenvalue weighted by Gasteiger charge is 2.36. The molecule has 3 nitrogen and oxygen atoms in total. The van der Waals surface area contributed by atoms with E-state index in [2.05, 4.69) is 10.1 Å². The van der Waals surface area contributed by atoms with Crippen LogP contribution in [0.2, 0.25) is 0 Å². The summed E-state index contributed by atoms with van der Waals surface area (Å²) in [4.78, 5) is 3.45. The van der Waals surface area contributed by atoms with E-state index in [9.17, 15) is 13.2 Å². The lowest BCUT2D eigenvalue weighted by Gasteiger charge is -2.07. The molecule has 6 heteroatoms. The van der Waals surface area contributed by atoms with Gasteiger partial charge in [-0.1, -0.05) is 17.7 Å². The fourth-order valence-corrected chi connectivity index (χ4v) is 1.78. The molecule has 0 aliphatic heterocycles. The first-order chi connectivity index (χ1) is 8.29. The largest absolute Gasteiger partial charge is 0.453 e. The smallest absolute Gasteiger partial charge is 0.217 e. The molecule has 0 aliphatic rings. The van der Waals surface area contributed by atoms with Gasteiger partial charge in [0.1, 0.15) is 5.82 Å². The van der Waals surface area contributed by atoms with E-state index >= 15 is 0 Å². The second-order valence-corrected chi connectivity index (χ2v) is 4.18. The zero-order valence-electron chi connectivity index (χ0n) is 10.2. The standard InChI is InChI=1S/C12H12F3N3/c1-7-4-5-10(8(2)6-7)18-9(3)16-11(17-18)12(13,14)15/h4-6H,1-3H3. The Balaban J connectivity index is 2.55. The molecule has 0 aliphatic carbocycles. The van der Waals surface area contributed by atoms with Crippen molar-refractivity contribution in [3.8, 4) is 5.69 Å². The molecule has 18 heavy (non-hydrogen) atoms. The van der Waals surface area contributed by atoms with Gasteiger partial charge in [0.05, 0.1) is 5.69 Å². The lowest BCUT2D eigenvalue weighted by atomic mass is 10.1. The molecule has 2 aromatic rings. The van der Waals surface area contributed by atoms with E-state index in [1.54, 1.807) is 6.07 Å². The Bertz CT molecular complexity index is 585. The van der Waals surface area contributed by atoms with Crippen LogP contribution in [0.4, 0.5) is 13.2 Å². The number of alkyl halides is 3. The molecule has 96 valence electrons. The fraction of sp³-hybridized carbons (Fsp3) is 0.333. The van der Waals surface area contributed by atoms with E-state index in [1.165, 1.54) is 11.6 Å². The summed E-state index contributed by atoms with van der Waals surface area (Å²) in [7, 11) is 0. The number of halogens is 3. The zero-order valence-corrected chi connectivity index (χ0v) is 10.2. The van der Waals surface area contributed by atoms with Crippen molar-refractivity contribution in [3.63, 3.8) is 0 Å². The first-order valence-corrected chi connectivity index (χ1v) is 5.37. The first kappa shape index (κ1) is 12.6. The van der Waals surface area contributed by atoms with Crippen LogP contribution in [0.25, 0.3) is 5.69 Å². The summed E-state index contributed by atoms with van der Waals surface area (Å²) < 4.78 is 38.8. The van der Waals surface area contributed by atoms with E-state index in [0.29, 0.717) is 5.69 Å². The minimum atomic E-state index is -4.52. The monoisotopic (exact) mass is 255 g/mol. The average Bonchev–Trinajstić information content (AvgIpc) is 2.60. The molecule has 0 fully saturated rings. The molecule has 0 N–H and O–H groups in total. The maximum Gasteiger partial charge on any atom is 0.453 e. The Morgan fingerprint density at radius 2 is 1.78 bits per heavy atom. The van der Waals surface area contributed by atoms with Crippen molar-refractivity contribution in [1.29, 1.82) is 0 Å². The molecule has 0 radical (unpaired) electrons. The molecule has 1 heterocycles. The number of hydrogen-bond acceptors (Lipinski definition) is 2. The quantitative estimate of drug-likeness (QED) is 0.783. The minimum Gasteiger partial charge on any atom is -0.217 e. The van der Waals surface area contributed by atoms with E-state index in [-0.39, 0.29) is 5.82 Å². The second kappa shape index (κ2) is 4.12. The molecule has 0 atom stereocenters. The molecule has 1 aromatic carbocycles. The van der Waals surface area contributed by atoms with Gasteiger partial charge in [0.25, 0.3) is 5.82 Å². The Morgan fingerprint density at radius 3 is 2.28 bits per heavy atom. The van der Waals surface area contributed by atoms with E-state index in [0.717, 1.165) is 11.1 Å². The highest BCUT2D eigenvalue weighted by atomic mass is 19.4. The van der Waals surface area contributed by atoms with Gasteiger partial charge in [-0.15, -0.1) is 5.10 Å². The van der Waals surface area contributed by atoms with Crippen molar-refractivity contribution < 1.29 is 13.2 Å². The van der Waals surface area contributed by atoms with Gasteiger partial charge in [-0.25, -0.2) is 9.67 Å². The van der Waals surface area contributed by atoms with Crippen molar-refractivity contribution in [2.45, 2.75) is 26.9 Å². The molecule has 0 unspecified atom stereocenters. The van der Waals surface area contributed by atoms with E-state index in [1.807, 2.05) is 26.0 Å². The first-order valence-electron chi connectivity index (χ1n) is 5.37. The molecular formula is C12H12F3N3. The predicted molar refractivity (Wildman–Crippen MR) is 60.6 cm³/mol. The Hall–Kier alpha value is -1.85. The molecule has 1 aromatic heterocycles. The van der Waals surface area contributed by atoms with Gasteiger partial charge in [0.15, 0.2) is 0 Å². The third kappa shape index (κ3) is 2.23. The molecule has 0 amide bonds. The van der Waals surface area contributed by atoms with Crippen LogP contribution in [-0.4, -0.2) is 14.8 Å². The van der Waals surface area contributed by atoms with Crippen LogP contribution < -0.4 is 0 Å². The average molecular weight is 255 g/mol. The summed E-state index contributed by atoms with van der Waals surface area (Å²) in [5.41, 5.74) is 2.52. The SMILES string of the molecule is Cc1ccc(-n2nc(C(F)(F)F)nc2C)c(C)c1. The van der Waals surface area contributed by atoms with Crippen molar-refractivity contribution in [3.05, 3.63) is 41.0 Å². The maximum atomic E-state index is 12.5. The van der Waals surface area contributed by atoms with Gasteiger partial charge in [-0.05, 0) is 32.4 Å². The van der Waals surface area contributed by atoms with E-state index < -0.39 is 12.0 Å². The molecule has 0 saturated heterocycles. The number of benzene rings is 1. The summed E-state index contributed by atoms with van der Waals surface area (Å²) in [5, 5.41) is 3.52. The predicted octanol–water partition coefficient (Wildman–Crippen LogP) is 3.21. The normalized spacial score (nSPS) is 11.9. The van der Waals surface area contributed by atoms with Crippen LogP contribution in [0.1, 0.15) is 22.8 Å². The lowest BCUT2D eigenvalue weighted by molar-refractivity contribution is -0.144. The summed E-state index contributed by atoms with van der Waals surface area (Å²) in [6.45, 7) is 5.25.